The number of nitrogens with zero attached hydrogens (tertiary/aromatic N) is 1. The molecule has 0 spiro atoms. The van der Waals surface area contributed by atoms with E-state index in [0.717, 1.165) is 50.3 Å². The van der Waals surface area contributed by atoms with Crippen LogP contribution in [0.5, 0.6) is 5.75 Å². The summed E-state index contributed by atoms with van der Waals surface area (Å²) in [7, 11) is 0. The molecule has 3 aliphatic heterocycles. The molecule has 8 heteroatoms. The second-order valence-corrected chi connectivity index (χ2v) is 9.10. The maximum atomic E-state index is 12.9. The van der Waals surface area contributed by atoms with Crippen molar-refractivity contribution in [1.82, 2.24) is 10.2 Å². The van der Waals surface area contributed by atoms with Gasteiger partial charge in [-0.3, -0.25) is 4.79 Å². The highest BCUT2D eigenvalue weighted by Gasteiger charge is 2.41. The van der Waals surface area contributed by atoms with E-state index in [0.29, 0.717) is 36.9 Å². The molecule has 3 heterocycles. The third-order valence-corrected chi connectivity index (χ3v) is 6.88. The van der Waals surface area contributed by atoms with Crippen molar-refractivity contribution in [2.45, 2.75) is 63.3 Å². The summed E-state index contributed by atoms with van der Waals surface area (Å²) >= 11 is 0. The average Bonchev–Trinajstić information content (AvgIpc) is 3.04. The number of aliphatic hydroxyl groups excluding tert-OH is 1. The number of carbonyl (C=O) groups excluding carboxylic acids is 2. The minimum absolute atomic E-state index is 0.117. The molecule has 166 valence electrons. The molecule has 1 aliphatic carbocycles. The lowest BCUT2D eigenvalue weighted by Gasteiger charge is -2.35. The molecule has 31 heavy (non-hydrogen) atoms. The molecule has 8 nitrogen and oxygen atoms in total. The molecule has 3 N–H and O–H groups in total. The van der Waals surface area contributed by atoms with Crippen LogP contribution < -0.4 is 15.0 Å². The second-order valence-electron chi connectivity index (χ2n) is 9.10. The van der Waals surface area contributed by atoms with Gasteiger partial charge in [-0.15, -0.1) is 4.99 Å². The molecule has 4 aliphatic rings. The van der Waals surface area contributed by atoms with Crippen molar-refractivity contribution >= 4 is 17.7 Å². The number of ether oxygens (including phenoxy) is 2. The lowest BCUT2D eigenvalue weighted by Crippen LogP contribution is -2.82. The number of benzene rings is 1. The van der Waals surface area contributed by atoms with Crippen molar-refractivity contribution in [3.8, 4) is 5.75 Å². The predicted octanol–water partition coefficient (Wildman–Crippen LogP) is 0.295. The highest BCUT2D eigenvalue weighted by atomic mass is 16.5. The number of carbonyl (C=O) groups is 2. The van der Waals surface area contributed by atoms with Crippen molar-refractivity contribution in [1.29, 1.82) is 0 Å². The van der Waals surface area contributed by atoms with Gasteiger partial charge < -0.3 is 24.8 Å². The Morgan fingerprint density at radius 3 is 2.81 bits per heavy atom. The van der Waals surface area contributed by atoms with Gasteiger partial charge in [-0.2, -0.15) is 0 Å². The van der Waals surface area contributed by atoms with Gasteiger partial charge in [0.15, 0.2) is 6.04 Å². The van der Waals surface area contributed by atoms with E-state index in [1.54, 1.807) is 4.90 Å². The summed E-state index contributed by atoms with van der Waals surface area (Å²) < 4.78 is 11.7. The van der Waals surface area contributed by atoms with Crippen LogP contribution in [0.25, 0.3) is 0 Å². The quantitative estimate of drug-likeness (QED) is 0.602. The lowest BCUT2D eigenvalue weighted by atomic mass is 9.91. The first-order chi connectivity index (χ1) is 15.1. The molecule has 1 unspecified atom stereocenters. The highest BCUT2D eigenvalue weighted by Crippen LogP contribution is 2.31. The number of hydrogen-bond acceptors (Lipinski definition) is 5. The van der Waals surface area contributed by atoms with Gasteiger partial charge in [0.2, 0.25) is 0 Å². The summed E-state index contributed by atoms with van der Waals surface area (Å²) in [5.74, 6) is 0.923. The first-order valence-corrected chi connectivity index (χ1v) is 11.4. The molecule has 0 radical (unpaired) electrons. The van der Waals surface area contributed by atoms with Crippen LogP contribution in [0.4, 0.5) is 0 Å². The maximum absolute atomic E-state index is 12.9. The normalized spacial score (nSPS) is 28.8. The molecule has 1 saturated carbocycles. The Morgan fingerprint density at radius 2 is 2.03 bits per heavy atom. The molecule has 2 fully saturated rings. The average molecular weight is 429 g/mol. The Labute approximate surface area is 181 Å². The van der Waals surface area contributed by atoms with Gasteiger partial charge in [0, 0.05) is 30.6 Å². The van der Waals surface area contributed by atoms with E-state index in [9.17, 15) is 14.7 Å². The second kappa shape index (κ2) is 8.59. The predicted molar refractivity (Wildman–Crippen MR) is 112 cm³/mol. The third kappa shape index (κ3) is 4.19. The van der Waals surface area contributed by atoms with Gasteiger partial charge in [0.25, 0.3) is 5.91 Å². The maximum Gasteiger partial charge on any atom is 0.388 e. The van der Waals surface area contributed by atoms with Crippen molar-refractivity contribution in [2.24, 2.45) is 5.92 Å². The highest BCUT2D eigenvalue weighted by molar-refractivity contribution is 6.01. The zero-order chi connectivity index (χ0) is 21.4. The van der Waals surface area contributed by atoms with Crippen molar-refractivity contribution in [3.05, 3.63) is 29.3 Å². The Morgan fingerprint density at radius 1 is 1.19 bits per heavy atom. The fourth-order valence-corrected chi connectivity index (χ4v) is 5.01. The summed E-state index contributed by atoms with van der Waals surface area (Å²) in [6, 6.07) is 5.50. The zero-order valence-corrected chi connectivity index (χ0v) is 17.6. The Kier molecular flexibility index (Phi) is 5.67. The molecule has 1 aromatic carbocycles. The summed E-state index contributed by atoms with van der Waals surface area (Å²) in [6.07, 6.45) is 5.35. The van der Waals surface area contributed by atoms with Crippen LogP contribution in [-0.4, -0.2) is 65.7 Å². The van der Waals surface area contributed by atoms with E-state index in [1.165, 1.54) is 6.42 Å². The topological polar surface area (TPSA) is 102 Å². The van der Waals surface area contributed by atoms with E-state index < -0.39 is 6.04 Å². The summed E-state index contributed by atoms with van der Waals surface area (Å²) in [5.41, 5.74) is 1.54. The van der Waals surface area contributed by atoms with E-state index in [2.05, 4.69) is 10.3 Å². The van der Waals surface area contributed by atoms with Gasteiger partial charge in [-0.1, -0.05) is 6.42 Å². The van der Waals surface area contributed by atoms with Gasteiger partial charge in [-0.25, -0.2) is 4.79 Å². The largest absolute Gasteiger partial charge is 0.489 e. The van der Waals surface area contributed by atoms with Crippen molar-refractivity contribution in [3.63, 3.8) is 0 Å². The van der Waals surface area contributed by atoms with Crippen LogP contribution in [0.3, 0.4) is 0 Å². The number of amides is 2. The Balaban J connectivity index is 1.26. The first-order valence-electron chi connectivity index (χ1n) is 11.4. The number of hydrogen-bond donors (Lipinski definition) is 3. The standard InChI is InChI=1S/C23H29N3O5/c27-21-8-7-19(22(28)25-21)26-11-15-9-16(5-6-17(15)23(26)29)31-20-4-2-1-3-18(20)24-10-14-12-30-13-14/h5-6,9,14,18-20,24H,1-4,7-8,10-13H2,(H,25,27,28)/p+1/t18-,19?,20+/m0/s1. The summed E-state index contributed by atoms with van der Waals surface area (Å²) in [6.45, 7) is 3.07. The van der Waals surface area contributed by atoms with Crippen molar-refractivity contribution in [2.75, 3.05) is 19.8 Å². The fraction of sp³-hybridized carbons (Fsp3) is 0.609. The van der Waals surface area contributed by atoms with Crippen molar-refractivity contribution < 1.29 is 29.2 Å². The molecule has 1 aromatic rings. The van der Waals surface area contributed by atoms with Crippen LogP contribution in [-0.2, 0) is 16.1 Å². The van der Waals surface area contributed by atoms with Gasteiger partial charge >= 0.3 is 11.8 Å². The van der Waals surface area contributed by atoms with Crippen LogP contribution >= 0.6 is 0 Å². The lowest BCUT2D eigenvalue weighted by molar-refractivity contribution is -0.394. The number of nitrogens with one attached hydrogen (secondary N) is 2. The Bertz CT molecular complexity index is 897. The zero-order valence-electron chi connectivity index (χ0n) is 17.6. The summed E-state index contributed by atoms with van der Waals surface area (Å²) in [4.78, 5) is 28.4. The van der Waals surface area contributed by atoms with E-state index in [4.69, 9.17) is 9.47 Å². The van der Waals surface area contributed by atoms with Gasteiger partial charge in [-0.05, 0) is 49.4 Å². The van der Waals surface area contributed by atoms with Gasteiger partial charge in [0.05, 0.1) is 19.6 Å². The van der Waals surface area contributed by atoms with Crippen LogP contribution in [0.15, 0.2) is 18.2 Å². The third-order valence-electron chi connectivity index (χ3n) is 6.88. The molecular formula is C23H30N3O5+. The number of fused-ring (bicyclic) bond motifs is 1. The molecular weight excluding hydrogens is 398 g/mol. The monoisotopic (exact) mass is 428 g/mol. The number of aliphatic hydroxyl groups is 1. The molecule has 0 bridgehead atoms. The SMILES string of the molecule is O=C1CCC(N2Cc3cc(O[C@@H]4CCCC[C@@H]4NCC4COC4)ccc3C2=O)C(O)=[NH+]1. The molecule has 5 rings (SSSR count). The van der Waals surface area contributed by atoms with E-state index >= 15 is 0 Å². The van der Waals surface area contributed by atoms with Crippen LogP contribution in [0.1, 0.15) is 54.4 Å². The molecule has 0 aromatic heterocycles. The number of rotatable bonds is 6. The summed E-state index contributed by atoms with van der Waals surface area (Å²) in [5, 5.41) is 13.8. The van der Waals surface area contributed by atoms with Crippen LogP contribution in [0, 0.1) is 5.92 Å². The Hall–Kier alpha value is -2.45. The first kappa shape index (κ1) is 20.5. The van der Waals surface area contributed by atoms with Crippen LogP contribution in [0.2, 0.25) is 0 Å². The smallest absolute Gasteiger partial charge is 0.388 e. The molecule has 3 atom stereocenters. The molecule has 2 amide bonds. The minimum Gasteiger partial charge on any atom is -0.489 e. The van der Waals surface area contributed by atoms with Gasteiger partial charge in [0.1, 0.15) is 11.9 Å². The fourth-order valence-electron chi connectivity index (χ4n) is 5.01. The van der Waals surface area contributed by atoms with E-state index in [-0.39, 0.29) is 23.8 Å². The minimum atomic E-state index is -0.482. The molecule has 1 saturated heterocycles. The van der Waals surface area contributed by atoms with E-state index in [1.807, 2.05) is 18.2 Å².